The third-order valence-corrected chi connectivity index (χ3v) is 15.0. The largest absolute Gasteiger partial charge is 0.310 e. The summed E-state index contributed by atoms with van der Waals surface area (Å²) in [5, 5.41) is 2.64. The van der Waals surface area contributed by atoms with Crippen molar-refractivity contribution in [1.82, 2.24) is 0 Å². The number of thiophene rings is 1. The maximum absolute atomic E-state index is 2.55. The van der Waals surface area contributed by atoms with Crippen LogP contribution in [0.5, 0.6) is 0 Å². The van der Waals surface area contributed by atoms with Crippen molar-refractivity contribution in [3.8, 4) is 33.4 Å². The van der Waals surface area contributed by atoms with Crippen molar-refractivity contribution in [1.29, 1.82) is 0 Å². The van der Waals surface area contributed by atoms with Crippen LogP contribution in [0.4, 0.5) is 17.1 Å². The fourth-order valence-electron chi connectivity index (χ4n) is 11.3. The van der Waals surface area contributed by atoms with Gasteiger partial charge in [-0.15, -0.1) is 11.3 Å². The quantitative estimate of drug-likeness (QED) is 0.172. The first-order valence-corrected chi connectivity index (χ1v) is 22.0. The predicted molar refractivity (Wildman–Crippen MR) is 256 cm³/mol. The van der Waals surface area contributed by atoms with Gasteiger partial charge in [-0.25, -0.2) is 0 Å². The fourth-order valence-corrected chi connectivity index (χ4v) is 12.6. The van der Waals surface area contributed by atoms with E-state index < -0.39 is 5.41 Å². The SMILES string of the molecule is C/C=C1\C(=C/C)C2(c3ccccc31)c1ccccc1-c1c(N(c3cccc(-c4cccc5c4sc4ccccc45)c3)c3ccc4c(c3)C(C)(C)c3ccccc3-4)cccc12. The Morgan fingerprint density at radius 2 is 1.08 bits per heavy atom. The molecule has 1 nitrogen and oxygen atoms in total. The summed E-state index contributed by atoms with van der Waals surface area (Å²) in [6, 6.07) is 66.3. The van der Waals surface area contributed by atoms with Crippen molar-refractivity contribution in [2.24, 2.45) is 0 Å². The Morgan fingerprint density at radius 1 is 0.467 bits per heavy atom. The van der Waals surface area contributed by atoms with Crippen LogP contribution < -0.4 is 4.90 Å². The summed E-state index contributed by atoms with van der Waals surface area (Å²) in [7, 11) is 0. The van der Waals surface area contributed by atoms with Gasteiger partial charge in [0.25, 0.3) is 0 Å². The van der Waals surface area contributed by atoms with E-state index in [9.17, 15) is 0 Å². The third kappa shape index (κ3) is 4.57. The van der Waals surface area contributed by atoms with E-state index in [4.69, 9.17) is 0 Å². The molecule has 0 aliphatic heterocycles. The maximum Gasteiger partial charge on any atom is 0.0723 e. The van der Waals surface area contributed by atoms with Gasteiger partial charge in [-0.2, -0.15) is 0 Å². The van der Waals surface area contributed by atoms with Crippen LogP contribution in [0.15, 0.2) is 194 Å². The number of rotatable bonds is 4. The van der Waals surface area contributed by atoms with Gasteiger partial charge < -0.3 is 4.90 Å². The smallest absolute Gasteiger partial charge is 0.0723 e. The van der Waals surface area contributed by atoms with Crippen molar-refractivity contribution in [3.05, 3.63) is 227 Å². The second kappa shape index (κ2) is 12.9. The highest BCUT2D eigenvalue weighted by Gasteiger charge is 2.53. The van der Waals surface area contributed by atoms with E-state index in [1.54, 1.807) is 0 Å². The Labute approximate surface area is 356 Å². The molecule has 0 saturated heterocycles. The minimum absolute atomic E-state index is 0.140. The van der Waals surface area contributed by atoms with Crippen LogP contribution >= 0.6 is 11.3 Å². The van der Waals surface area contributed by atoms with Gasteiger partial charge >= 0.3 is 0 Å². The molecule has 3 aliphatic rings. The molecule has 286 valence electrons. The van der Waals surface area contributed by atoms with Crippen molar-refractivity contribution in [2.45, 2.75) is 38.5 Å². The molecule has 9 aromatic rings. The second-order valence-electron chi connectivity index (χ2n) is 17.0. The topological polar surface area (TPSA) is 3.24 Å². The molecular weight excluding hydrogens is 743 g/mol. The van der Waals surface area contributed by atoms with E-state index in [1.165, 1.54) is 104 Å². The van der Waals surface area contributed by atoms with Crippen LogP contribution in [0, 0.1) is 0 Å². The lowest BCUT2D eigenvalue weighted by atomic mass is 9.70. The van der Waals surface area contributed by atoms with Crippen molar-refractivity contribution < 1.29 is 0 Å². The molecule has 0 bridgehead atoms. The third-order valence-electron chi connectivity index (χ3n) is 13.8. The zero-order valence-corrected chi connectivity index (χ0v) is 35.1. The van der Waals surface area contributed by atoms with E-state index in [1.807, 2.05) is 11.3 Å². The molecule has 0 fully saturated rings. The molecule has 0 saturated carbocycles. The lowest BCUT2D eigenvalue weighted by Gasteiger charge is -2.32. The van der Waals surface area contributed by atoms with Gasteiger partial charge in [0.2, 0.25) is 0 Å². The predicted octanol–water partition coefficient (Wildman–Crippen LogP) is 16.2. The number of allylic oxidation sites excluding steroid dienone is 4. The first-order valence-electron chi connectivity index (χ1n) is 21.2. The van der Waals surface area contributed by atoms with Gasteiger partial charge in [-0.3, -0.25) is 0 Å². The molecule has 1 aromatic heterocycles. The maximum atomic E-state index is 2.55. The monoisotopic (exact) mass is 785 g/mol. The Balaban J connectivity index is 1.14. The average molecular weight is 786 g/mol. The zero-order valence-electron chi connectivity index (χ0n) is 34.3. The van der Waals surface area contributed by atoms with Gasteiger partial charge in [0.05, 0.1) is 11.1 Å². The van der Waals surface area contributed by atoms with Gasteiger partial charge in [0, 0.05) is 42.5 Å². The van der Waals surface area contributed by atoms with Gasteiger partial charge in [-0.05, 0) is 123 Å². The number of anilines is 3. The molecule has 60 heavy (non-hydrogen) atoms. The molecule has 8 aromatic carbocycles. The van der Waals surface area contributed by atoms with E-state index in [-0.39, 0.29) is 5.41 Å². The molecular formula is C58H43NS. The molecule has 2 heteroatoms. The summed E-state index contributed by atoms with van der Waals surface area (Å²) < 4.78 is 2.65. The molecule has 0 N–H and O–H groups in total. The summed E-state index contributed by atoms with van der Waals surface area (Å²) in [6.07, 6.45) is 4.68. The summed E-state index contributed by atoms with van der Waals surface area (Å²) in [5.41, 5.74) is 21.4. The van der Waals surface area contributed by atoms with Crippen LogP contribution in [-0.4, -0.2) is 0 Å². The first-order chi connectivity index (χ1) is 29.4. The summed E-state index contributed by atoms with van der Waals surface area (Å²) >= 11 is 1.89. The van der Waals surface area contributed by atoms with E-state index in [2.05, 4.69) is 221 Å². The van der Waals surface area contributed by atoms with Gasteiger partial charge in [0.15, 0.2) is 0 Å². The molecule has 12 rings (SSSR count). The second-order valence-corrected chi connectivity index (χ2v) is 18.1. The first kappa shape index (κ1) is 35.2. The van der Waals surface area contributed by atoms with Crippen LogP contribution in [0.3, 0.4) is 0 Å². The Morgan fingerprint density at radius 3 is 1.90 bits per heavy atom. The molecule has 1 heterocycles. The summed E-state index contributed by atoms with van der Waals surface area (Å²) in [6.45, 7) is 9.17. The molecule has 0 radical (unpaired) electrons. The highest BCUT2D eigenvalue weighted by atomic mass is 32.1. The molecule has 0 amide bonds. The van der Waals surface area contributed by atoms with E-state index >= 15 is 0 Å². The number of nitrogens with zero attached hydrogens (tertiary/aromatic N) is 1. The highest BCUT2D eigenvalue weighted by Crippen LogP contribution is 2.65. The minimum atomic E-state index is -0.430. The number of hydrogen-bond acceptors (Lipinski definition) is 2. The summed E-state index contributed by atoms with van der Waals surface area (Å²) in [4.78, 5) is 2.55. The zero-order chi connectivity index (χ0) is 40.3. The van der Waals surface area contributed by atoms with Crippen molar-refractivity contribution in [2.75, 3.05) is 4.90 Å². The fraction of sp³-hybridized carbons (Fsp3) is 0.103. The molecule has 3 aliphatic carbocycles. The van der Waals surface area contributed by atoms with Crippen LogP contribution in [0.25, 0.3) is 59.1 Å². The highest BCUT2D eigenvalue weighted by molar-refractivity contribution is 7.26. The molecule has 1 spiro atoms. The number of fused-ring (bicyclic) bond motifs is 13. The molecule has 1 unspecified atom stereocenters. The lowest BCUT2D eigenvalue weighted by molar-refractivity contribution is 0.660. The minimum Gasteiger partial charge on any atom is -0.310 e. The lowest BCUT2D eigenvalue weighted by Crippen LogP contribution is -2.26. The van der Waals surface area contributed by atoms with Crippen molar-refractivity contribution >= 4 is 54.1 Å². The number of benzene rings is 8. The van der Waals surface area contributed by atoms with Crippen LogP contribution in [0.2, 0.25) is 0 Å². The van der Waals surface area contributed by atoms with E-state index in [0.717, 1.165) is 11.4 Å². The standard InChI is InChI=1S/C58H43NS/c1-5-39-41-20-8-12-27-49(41)58(47(39)6-2)50-28-13-9-23-46(50)55-51(58)29-17-30-53(55)59(38-32-33-43-42-21-7-11-26-48(42)57(3,4)52(43)35-38)37-19-15-18-36(34-37)40-24-16-25-45-44-22-10-14-31-54(44)60-56(40)45/h5-35H,1-4H3/b39-5-,47-6+. The van der Waals surface area contributed by atoms with Crippen LogP contribution in [0.1, 0.15) is 61.1 Å². The van der Waals surface area contributed by atoms with Gasteiger partial charge in [0.1, 0.15) is 0 Å². The van der Waals surface area contributed by atoms with E-state index in [0.29, 0.717) is 0 Å². The normalized spacial score (nSPS) is 17.9. The summed E-state index contributed by atoms with van der Waals surface area (Å²) in [5.74, 6) is 0. The Kier molecular flexibility index (Phi) is 7.56. The number of hydrogen-bond donors (Lipinski definition) is 0. The van der Waals surface area contributed by atoms with Crippen molar-refractivity contribution in [3.63, 3.8) is 0 Å². The Hall–Kier alpha value is -6.74. The molecule has 1 atom stereocenters. The Bertz CT molecular complexity index is 3340. The average Bonchev–Trinajstić information content (AvgIpc) is 3.98. The van der Waals surface area contributed by atoms with Crippen LogP contribution in [-0.2, 0) is 10.8 Å². The van der Waals surface area contributed by atoms with Gasteiger partial charge in [-0.1, -0.05) is 166 Å².